The molecule has 0 unspecified atom stereocenters. The summed E-state index contributed by atoms with van der Waals surface area (Å²) in [7, 11) is 0. The minimum atomic E-state index is -0.0411. The summed E-state index contributed by atoms with van der Waals surface area (Å²) >= 11 is 7.86. The molecule has 0 atom stereocenters. The molecule has 2 nitrogen and oxygen atoms in total. The van der Waals surface area contributed by atoms with Crippen molar-refractivity contribution in [2.24, 2.45) is 0 Å². The highest BCUT2D eigenvalue weighted by molar-refractivity contribution is 14.1. The van der Waals surface area contributed by atoms with Gasteiger partial charge >= 0.3 is 0 Å². The first-order chi connectivity index (χ1) is 7.66. The van der Waals surface area contributed by atoms with Crippen molar-refractivity contribution in [1.82, 2.24) is 4.98 Å². The summed E-state index contributed by atoms with van der Waals surface area (Å²) in [5, 5.41) is 0.388. The maximum atomic E-state index is 12.0. The lowest BCUT2D eigenvalue weighted by Crippen LogP contribution is -2.01. The number of hydrogen-bond acceptors (Lipinski definition) is 2. The zero-order valence-corrected chi connectivity index (χ0v) is 11.1. The Labute approximate surface area is 112 Å². The number of rotatable bonds is 2. The van der Waals surface area contributed by atoms with E-state index in [-0.39, 0.29) is 5.78 Å². The lowest BCUT2D eigenvalue weighted by atomic mass is 10.1. The predicted octanol–water partition coefficient (Wildman–Crippen LogP) is 3.57. The summed E-state index contributed by atoms with van der Waals surface area (Å²) < 4.78 is 1.10. The summed E-state index contributed by atoms with van der Waals surface area (Å²) in [5.74, 6) is -0.0411. The van der Waals surface area contributed by atoms with Crippen LogP contribution in [0.2, 0.25) is 5.15 Å². The van der Waals surface area contributed by atoms with Gasteiger partial charge in [-0.15, -0.1) is 0 Å². The van der Waals surface area contributed by atoms with Crippen molar-refractivity contribution >= 4 is 40.0 Å². The van der Waals surface area contributed by atoms with Crippen molar-refractivity contribution in [2.45, 2.75) is 0 Å². The van der Waals surface area contributed by atoms with Crippen LogP contribution in [0, 0.1) is 3.57 Å². The third-order valence-electron chi connectivity index (χ3n) is 2.10. The van der Waals surface area contributed by atoms with E-state index in [2.05, 4.69) is 27.6 Å². The van der Waals surface area contributed by atoms with Gasteiger partial charge in [-0.1, -0.05) is 11.6 Å². The Morgan fingerprint density at radius 2 is 1.69 bits per heavy atom. The summed E-state index contributed by atoms with van der Waals surface area (Å²) in [5.41, 5.74) is 1.20. The first kappa shape index (κ1) is 11.5. The zero-order chi connectivity index (χ0) is 11.5. The molecular formula is C12H7ClINO. The van der Waals surface area contributed by atoms with Gasteiger partial charge in [-0.05, 0) is 59.0 Å². The number of carbonyl (C=O) groups is 1. The van der Waals surface area contributed by atoms with Gasteiger partial charge in [-0.3, -0.25) is 4.79 Å². The second-order valence-corrected chi connectivity index (χ2v) is 4.84. The van der Waals surface area contributed by atoms with Crippen LogP contribution in [0.25, 0.3) is 0 Å². The summed E-state index contributed by atoms with van der Waals surface area (Å²) in [6.45, 7) is 0. The average Bonchev–Trinajstić information content (AvgIpc) is 2.30. The van der Waals surface area contributed by atoms with E-state index < -0.39 is 0 Å². The van der Waals surface area contributed by atoms with Crippen molar-refractivity contribution in [3.63, 3.8) is 0 Å². The number of benzene rings is 1. The molecule has 0 spiro atoms. The van der Waals surface area contributed by atoms with E-state index in [0.717, 1.165) is 3.57 Å². The van der Waals surface area contributed by atoms with Crippen LogP contribution in [0.3, 0.4) is 0 Å². The van der Waals surface area contributed by atoms with Crippen LogP contribution in [0.4, 0.5) is 0 Å². The number of pyridine rings is 1. The van der Waals surface area contributed by atoms with E-state index in [1.165, 1.54) is 6.20 Å². The molecule has 0 aliphatic rings. The van der Waals surface area contributed by atoms with Crippen LogP contribution in [0.15, 0.2) is 42.6 Å². The van der Waals surface area contributed by atoms with Crippen LogP contribution in [-0.4, -0.2) is 10.8 Å². The van der Waals surface area contributed by atoms with Crippen LogP contribution < -0.4 is 0 Å². The fraction of sp³-hybridized carbons (Fsp3) is 0. The molecule has 0 radical (unpaired) electrons. The van der Waals surface area contributed by atoms with Crippen molar-refractivity contribution < 1.29 is 4.79 Å². The molecule has 1 heterocycles. The van der Waals surface area contributed by atoms with Gasteiger partial charge < -0.3 is 0 Å². The number of halogens is 2. The Hall–Kier alpha value is -0.940. The van der Waals surface area contributed by atoms with E-state index in [1.807, 2.05) is 12.1 Å². The van der Waals surface area contributed by atoms with Crippen LogP contribution in [0.5, 0.6) is 0 Å². The van der Waals surface area contributed by atoms with Crippen LogP contribution in [0.1, 0.15) is 15.9 Å². The Morgan fingerprint density at radius 3 is 2.25 bits per heavy atom. The van der Waals surface area contributed by atoms with Crippen molar-refractivity contribution in [1.29, 1.82) is 0 Å². The third kappa shape index (κ3) is 2.59. The van der Waals surface area contributed by atoms with Gasteiger partial charge in [-0.25, -0.2) is 4.98 Å². The molecular weight excluding hydrogens is 336 g/mol. The van der Waals surface area contributed by atoms with Gasteiger partial charge in [0.1, 0.15) is 5.15 Å². The smallest absolute Gasteiger partial charge is 0.194 e. The summed E-state index contributed by atoms with van der Waals surface area (Å²) in [4.78, 5) is 15.9. The SMILES string of the molecule is O=C(c1ccc(I)cc1)c1ccc(Cl)nc1. The number of ketones is 1. The standard InChI is InChI=1S/C12H7ClINO/c13-11-6-3-9(7-15-11)12(16)8-1-4-10(14)5-2-8/h1-7H. The van der Waals surface area contributed by atoms with Gasteiger partial charge in [0.2, 0.25) is 0 Å². The Balaban J connectivity index is 2.32. The molecule has 0 fully saturated rings. The second kappa shape index (κ2) is 4.93. The Kier molecular flexibility index (Phi) is 3.56. The largest absolute Gasteiger partial charge is 0.289 e. The topological polar surface area (TPSA) is 30.0 Å². The van der Waals surface area contributed by atoms with Crippen LogP contribution in [-0.2, 0) is 0 Å². The lowest BCUT2D eigenvalue weighted by molar-refractivity contribution is 0.103. The molecule has 0 saturated heterocycles. The number of nitrogens with zero attached hydrogens (tertiary/aromatic N) is 1. The highest BCUT2D eigenvalue weighted by Crippen LogP contribution is 2.13. The van der Waals surface area contributed by atoms with Crippen molar-refractivity contribution in [2.75, 3.05) is 0 Å². The quantitative estimate of drug-likeness (QED) is 0.474. The maximum absolute atomic E-state index is 12.0. The molecule has 2 rings (SSSR count). The highest BCUT2D eigenvalue weighted by atomic mass is 127. The van der Waals surface area contributed by atoms with Gasteiger partial charge in [-0.2, -0.15) is 0 Å². The predicted molar refractivity (Wildman–Crippen MR) is 71.8 cm³/mol. The van der Waals surface area contributed by atoms with E-state index in [1.54, 1.807) is 24.3 Å². The molecule has 1 aromatic heterocycles. The Morgan fingerprint density at radius 1 is 1.06 bits per heavy atom. The van der Waals surface area contributed by atoms with E-state index in [9.17, 15) is 4.79 Å². The highest BCUT2D eigenvalue weighted by Gasteiger charge is 2.08. The molecule has 2 aromatic rings. The minimum absolute atomic E-state index is 0.0411. The Bertz CT molecular complexity index is 460. The fourth-order valence-electron chi connectivity index (χ4n) is 1.28. The van der Waals surface area contributed by atoms with Crippen LogP contribution >= 0.6 is 34.2 Å². The van der Waals surface area contributed by atoms with E-state index >= 15 is 0 Å². The van der Waals surface area contributed by atoms with Gasteiger partial charge in [0.15, 0.2) is 5.78 Å². The molecule has 0 N–H and O–H groups in total. The first-order valence-corrected chi connectivity index (χ1v) is 6.04. The first-order valence-electron chi connectivity index (χ1n) is 4.58. The maximum Gasteiger partial charge on any atom is 0.194 e. The molecule has 16 heavy (non-hydrogen) atoms. The van der Waals surface area contributed by atoms with Crippen molar-refractivity contribution in [3.8, 4) is 0 Å². The molecule has 0 bridgehead atoms. The second-order valence-electron chi connectivity index (χ2n) is 3.21. The average molecular weight is 344 g/mol. The molecule has 0 aliphatic carbocycles. The van der Waals surface area contributed by atoms with Gasteiger partial charge in [0.25, 0.3) is 0 Å². The lowest BCUT2D eigenvalue weighted by Gasteiger charge is -2.00. The summed E-state index contributed by atoms with van der Waals surface area (Å²) in [6, 6.07) is 10.7. The number of carbonyl (C=O) groups excluding carboxylic acids is 1. The monoisotopic (exact) mass is 343 g/mol. The normalized spacial score (nSPS) is 10.1. The summed E-state index contributed by atoms with van der Waals surface area (Å²) in [6.07, 6.45) is 1.49. The minimum Gasteiger partial charge on any atom is -0.289 e. The molecule has 80 valence electrons. The van der Waals surface area contributed by atoms with E-state index in [0.29, 0.717) is 16.3 Å². The molecule has 0 amide bonds. The molecule has 0 aliphatic heterocycles. The molecule has 4 heteroatoms. The number of hydrogen-bond donors (Lipinski definition) is 0. The zero-order valence-electron chi connectivity index (χ0n) is 8.15. The van der Waals surface area contributed by atoms with E-state index in [4.69, 9.17) is 11.6 Å². The van der Waals surface area contributed by atoms with Gasteiger partial charge in [0, 0.05) is 20.9 Å². The molecule has 0 saturated carbocycles. The number of aromatic nitrogens is 1. The third-order valence-corrected chi connectivity index (χ3v) is 3.04. The van der Waals surface area contributed by atoms with Crippen molar-refractivity contribution in [3.05, 3.63) is 62.4 Å². The fourth-order valence-corrected chi connectivity index (χ4v) is 1.75. The molecule has 1 aromatic carbocycles. The van der Waals surface area contributed by atoms with Gasteiger partial charge in [0.05, 0.1) is 0 Å².